The zero-order valence-electron chi connectivity index (χ0n) is 17.0. The number of aryl methyl sites for hydroxylation is 2. The second-order valence-corrected chi connectivity index (χ2v) is 7.98. The van der Waals surface area contributed by atoms with Crippen LogP contribution < -0.4 is 10.2 Å². The summed E-state index contributed by atoms with van der Waals surface area (Å²) in [6.07, 6.45) is 2.55. The molecule has 0 radical (unpaired) electrons. The first-order valence-electron chi connectivity index (χ1n) is 10.2. The van der Waals surface area contributed by atoms with E-state index in [2.05, 4.69) is 66.5 Å². The molecular weight excluding hydrogens is 344 g/mol. The van der Waals surface area contributed by atoms with Gasteiger partial charge in [-0.3, -0.25) is 4.79 Å². The molecule has 144 valence electrons. The highest BCUT2D eigenvalue weighted by Crippen LogP contribution is 2.26. The van der Waals surface area contributed by atoms with E-state index in [1.165, 1.54) is 35.0 Å². The molecule has 0 bridgehead atoms. The molecule has 1 aliphatic heterocycles. The number of carbonyl (C=O) groups excluding carboxylic acids is 1. The maximum Gasteiger partial charge on any atom is 0.251 e. The van der Waals surface area contributed by atoms with Crippen LogP contribution >= 0.6 is 0 Å². The fraction of sp³-hybridized carbons (Fsp3) is 0.320. The Morgan fingerprint density at radius 3 is 2.36 bits per heavy atom. The Bertz CT molecular complexity index is 1020. The first kappa shape index (κ1) is 18.5. The fourth-order valence-corrected chi connectivity index (χ4v) is 3.94. The maximum atomic E-state index is 12.8. The Morgan fingerprint density at radius 1 is 0.893 bits per heavy atom. The first-order chi connectivity index (χ1) is 13.5. The van der Waals surface area contributed by atoms with Crippen LogP contribution in [0.4, 0.5) is 5.69 Å². The van der Waals surface area contributed by atoms with Crippen molar-refractivity contribution in [3.05, 3.63) is 76.9 Å². The molecule has 0 unspecified atom stereocenters. The Balaban J connectivity index is 1.52. The topological polar surface area (TPSA) is 32.3 Å². The molecule has 1 atom stereocenters. The Labute approximate surface area is 167 Å². The van der Waals surface area contributed by atoms with Gasteiger partial charge in [-0.15, -0.1) is 0 Å². The van der Waals surface area contributed by atoms with E-state index in [1.54, 1.807) is 0 Å². The van der Waals surface area contributed by atoms with E-state index < -0.39 is 0 Å². The molecule has 3 aromatic carbocycles. The van der Waals surface area contributed by atoms with Crippen molar-refractivity contribution < 1.29 is 4.79 Å². The quantitative estimate of drug-likeness (QED) is 0.651. The molecule has 4 rings (SSSR count). The molecule has 0 aromatic heterocycles. The van der Waals surface area contributed by atoms with E-state index in [-0.39, 0.29) is 11.9 Å². The smallest absolute Gasteiger partial charge is 0.251 e. The third-order valence-corrected chi connectivity index (χ3v) is 5.94. The van der Waals surface area contributed by atoms with Gasteiger partial charge in [0.25, 0.3) is 5.91 Å². The van der Waals surface area contributed by atoms with Crippen molar-refractivity contribution in [1.29, 1.82) is 0 Å². The van der Waals surface area contributed by atoms with E-state index >= 15 is 0 Å². The van der Waals surface area contributed by atoms with Gasteiger partial charge in [-0.1, -0.05) is 30.3 Å². The van der Waals surface area contributed by atoms with Crippen molar-refractivity contribution in [2.24, 2.45) is 0 Å². The Kier molecular flexibility index (Phi) is 5.08. The van der Waals surface area contributed by atoms with Crippen molar-refractivity contribution in [2.75, 3.05) is 18.0 Å². The average Bonchev–Trinajstić information content (AvgIpc) is 3.24. The number of benzene rings is 3. The minimum atomic E-state index is -0.0313. The standard InChI is InChI=1S/C25H28N2O/c1-17-6-7-20(14-18(17)2)19(3)26-25(28)23-9-8-22-16-24(11-10-21(22)15-23)27-12-4-5-13-27/h6-11,14-16,19H,4-5,12-13H2,1-3H3,(H,26,28)/t19-/m1/s1. The summed E-state index contributed by atoms with van der Waals surface area (Å²) in [6.45, 7) is 8.52. The minimum Gasteiger partial charge on any atom is -0.372 e. The lowest BCUT2D eigenvalue weighted by atomic mass is 10.0. The van der Waals surface area contributed by atoms with Gasteiger partial charge in [0.2, 0.25) is 0 Å². The van der Waals surface area contributed by atoms with E-state index in [4.69, 9.17) is 0 Å². The van der Waals surface area contributed by atoms with Gasteiger partial charge in [-0.2, -0.15) is 0 Å². The van der Waals surface area contributed by atoms with Crippen LogP contribution in [0.3, 0.4) is 0 Å². The normalized spacial score (nSPS) is 15.0. The molecule has 1 fully saturated rings. The lowest BCUT2D eigenvalue weighted by Crippen LogP contribution is -2.26. The Morgan fingerprint density at radius 2 is 1.61 bits per heavy atom. The van der Waals surface area contributed by atoms with Crippen LogP contribution in [0.5, 0.6) is 0 Å². The Hall–Kier alpha value is -2.81. The van der Waals surface area contributed by atoms with Gasteiger partial charge < -0.3 is 10.2 Å². The highest BCUT2D eigenvalue weighted by Gasteiger charge is 2.14. The summed E-state index contributed by atoms with van der Waals surface area (Å²) >= 11 is 0. The maximum absolute atomic E-state index is 12.8. The van der Waals surface area contributed by atoms with Gasteiger partial charge in [-0.25, -0.2) is 0 Å². The van der Waals surface area contributed by atoms with Crippen molar-refractivity contribution in [2.45, 2.75) is 39.7 Å². The summed E-state index contributed by atoms with van der Waals surface area (Å²) in [7, 11) is 0. The highest BCUT2D eigenvalue weighted by molar-refractivity contribution is 5.99. The van der Waals surface area contributed by atoms with E-state index in [1.807, 2.05) is 19.1 Å². The number of fused-ring (bicyclic) bond motifs is 1. The van der Waals surface area contributed by atoms with Crippen molar-refractivity contribution >= 4 is 22.4 Å². The largest absolute Gasteiger partial charge is 0.372 e. The van der Waals surface area contributed by atoms with E-state index in [0.29, 0.717) is 5.56 Å². The van der Waals surface area contributed by atoms with Crippen molar-refractivity contribution in [1.82, 2.24) is 5.32 Å². The zero-order valence-corrected chi connectivity index (χ0v) is 17.0. The van der Waals surface area contributed by atoms with Crippen LogP contribution in [0.2, 0.25) is 0 Å². The van der Waals surface area contributed by atoms with Crippen LogP contribution in [0.1, 0.15) is 52.9 Å². The van der Waals surface area contributed by atoms with Crippen LogP contribution in [-0.2, 0) is 0 Å². The van der Waals surface area contributed by atoms with Crippen LogP contribution in [0, 0.1) is 13.8 Å². The molecule has 1 saturated heterocycles. The minimum absolute atomic E-state index is 0.0277. The predicted molar refractivity (Wildman–Crippen MR) is 117 cm³/mol. The summed E-state index contributed by atoms with van der Waals surface area (Å²) in [5.41, 5.74) is 5.64. The van der Waals surface area contributed by atoms with E-state index in [0.717, 1.165) is 24.0 Å². The molecule has 3 nitrogen and oxygen atoms in total. The average molecular weight is 373 g/mol. The lowest BCUT2D eigenvalue weighted by molar-refractivity contribution is 0.0940. The molecule has 3 aromatic rings. The number of nitrogens with one attached hydrogen (secondary N) is 1. The first-order valence-corrected chi connectivity index (χ1v) is 10.2. The number of nitrogens with zero attached hydrogens (tertiary/aromatic N) is 1. The highest BCUT2D eigenvalue weighted by atomic mass is 16.1. The number of amides is 1. The molecule has 1 amide bonds. The molecule has 1 aliphatic rings. The van der Waals surface area contributed by atoms with Gasteiger partial charge >= 0.3 is 0 Å². The summed E-state index contributed by atoms with van der Waals surface area (Å²) < 4.78 is 0. The summed E-state index contributed by atoms with van der Waals surface area (Å²) in [5.74, 6) is -0.0313. The SMILES string of the molecule is Cc1ccc([C@@H](C)NC(=O)c2ccc3cc(N4CCCC4)ccc3c2)cc1C. The molecule has 1 N–H and O–H groups in total. The second-order valence-electron chi connectivity index (χ2n) is 7.98. The molecule has 0 spiro atoms. The zero-order chi connectivity index (χ0) is 19.7. The predicted octanol–water partition coefficient (Wildman–Crippen LogP) is 5.55. The molecule has 3 heteroatoms. The van der Waals surface area contributed by atoms with Crippen LogP contribution in [0.25, 0.3) is 10.8 Å². The van der Waals surface area contributed by atoms with Crippen LogP contribution in [-0.4, -0.2) is 19.0 Å². The van der Waals surface area contributed by atoms with Gasteiger partial charge in [0.1, 0.15) is 0 Å². The molecule has 0 saturated carbocycles. The number of hydrogen-bond acceptors (Lipinski definition) is 2. The molecule has 28 heavy (non-hydrogen) atoms. The lowest BCUT2D eigenvalue weighted by Gasteiger charge is -2.18. The monoisotopic (exact) mass is 372 g/mol. The van der Waals surface area contributed by atoms with Crippen LogP contribution in [0.15, 0.2) is 54.6 Å². The van der Waals surface area contributed by atoms with Crippen molar-refractivity contribution in [3.63, 3.8) is 0 Å². The molecule has 0 aliphatic carbocycles. The molecule has 1 heterocycles. The van der Waals surface area contributed by atoms with Gasteiger partial charge in [0.15, 0.2) is 0 Å². The van der Waals surface area contributed by atoms with E-state index in [9.17, 15) is 4.79 Å². The summed E-state index contributed by atoms with van der Waals surface area (Å²) in [6, 6.07) is 18.9. The number of anilines is 1. The van der Waals surface area contributed by atoms with Crippen molar-refractivity contribution in [3.8, 4) is 0 Å². The second kappa shape index (κ2) is 7.67. The number of rotatable bonds is 4. The number of hydrogen-bond donors (Lipinski definition) is 1. The van der Waals surface area contributed by atoms with Gasteiger partial charge in [-0.05, 0) is 85.3 Å². The van der Waals surface area contributed by atoms with Gasteiger partial charge in [0.05, 0.1) is 6.04 Å². The molecular formula is C25H28N2O. The summed E-state index contributed by atoms with van der Waals surface area (Å²) in [4.78, 5) is 15.2. The third kappa shape index (κ3) is 3.75. The fourth-order valence-electron chi connectivity index (χ4n) is 3.94. The van der Waals surface area contributed by atoms with Gasteiger partial charge in [0, 0.05) is 24.3 Å². The third-order valence-electron chi connectivity index (χ3n) is 5.94. The summed E-state index contributed by atoms with van der Waals surface area (Å²) in [5, 5.41) is 5.42. The number of carbonyl (C=O) groups is 1.